The smallest absolute Gasteiger partial charge is 0.255 e. The van der Waals surface area contributed by atoms with Crippen LogP contribution in [0.25, 0.3) is 0 Å². The van der Waals surface area contributed by atoms with Gasteiger partial charge in [0.15, 0.2) is 0 Å². The molecule has 1 aliphatic heterocycles. The molecule has 3 N–H and O–H groups in total. The minimum absolute atomic E-state index is 0.0509. The molecule has 150 valence electrons. The first-order valence-electron chi connectivity index (χ1n) is 9.94. The number of nitrogens with two attached hydrogens (primary N) is 1. The number of amides is 1. The van der Waals surface area contributed by atoms with Crippen molar-refractivity contribution in [2.75, 3.05) is 22.5 Å². The normalized spacial score (nSPS) is 17.5. The van der Waals surface area contributed by atoms with Crippen molar-refractivity contribution >= 4 is 34.6 Å². The molecular weight excluding hydrogens is 370 g/mol. The highest BCUT2D eigenvalue weighted by Crippen LogP contribution is 2.36. The minimum Gasteiger partial charge on any atom is -0.397 e. The molecule has 0 unspecified atom stereocenters. The molecule has 1 atom stereocenters. The zero-order chi connectivity index (χ0) is 20.5. The average molecular weight is 400 g/mol. The zero-order valence-electron chi connectivity index (χ0n) is 17.2. The van der Waals surface area contributed by atoms with Crippen LogP contribution in [0.5, 0.6) is 0 Å². The van der Waals surface area contributed by atoms with Gasteiger partial charge in [-0.25, -0.2) is 0 Å². The summed E-state index contributed by atoms with van der Waals surface area (Å²) >= 11 is 6.38. The van der Waals surface area contributed by atoms with Gasteiger partial charge in [0.25, 0.3) is 5.91 Å². The second kappa shape index (κ2) is 8.04. The summed E-state index contributed by atoms with van der Waals surface area (Å²) in [4.78, 5) is 15.1. The highest BCUT2D eigenvalue weighted by molar-refractivity contribution is 6.34. The van der Waals surface area contributed by atoms with Gasteiger partial charge >= 0.3 is 0 Å². The van der Waals surface area contributed by atoms with Gasteiger partial charge in [0.05, 0.1) is 22.1 Å². The van der Waals surface area contributed by atoms with E-state index in [1.807, 2.05) is 30.3 Å². The fourth-order valence-corrected chi connectivity index (χ4v) is 3.91. The molecule has 1 aliphatic rings. The van der Waals surface area contributed by atoms with Crippen LogP contribution in [-0.4, -0.2) is 18.5 Å². The Hall–Kier alpha value is -2.20. The number of benzene rings is 2. The van der Waals surface area contributed by atoms with E-state index in [4.69, 9.17) is 17.3 Å². The van der Waals surface area contributed by atoms with Crippen molar-refractivity contribution in [2.45, 2.75) is 58.4 Å². The van der Waals surface area contributed by atoms with Crippen LogP contribution >= 0.6 is 11.6 Å². The van der Waals surface area contributed by atoms with Crippen molar-refractivity contribution in [1.82, 2.24) is 0 Å². The van der Waals surface area contributed by atoms with Crippen molar-refractivity contribution in [3.8, 4) is 0 Å². The van der Waals surface area contributed by atoms with E-state index in [1.54, 1.807) is 6.07 Å². The monoisotopic (exact) mass is 399 g/mol. The third-order valence-corrected chi connectivity index (χ3v) is 5.80. The number of rotatable bonds is 3. The second-order valence-electron chi connectivity index (χ2n) is 8.71. The molecule has 1 saturated heterocycles. The Labute approximate surface area is 173 Å². The zero-order valence-corrected chi connectivity index (χ0v) is 17.9. The van der Waals surface area contributed by atoms with Gasteiger partial charge in [0.1, 0.15) is 0 Å². The lowest BCUT2D eigenvalue weighted by Crippen LogP contribution is -2.37. The van der Waals surface area contributed by atoms with E-state index in [0.717, 1.165) is 25.1 Å². The van der Waals surface area contributed by atoms with E-state index in [0.29, 0.717) is 28.0 Å². The maximum absolute atomic E-state index is 12.7. The fourth-order valence-electron chi connectivity index (χ4n) is 3.69. The van der Waals surface area contributed by atoms with Crippen LogP contribution in [0.15, 0.2) is 36.4 Å². The first kappa shape index (κ1) is 20.5. The summed E-state index contributed by atoms with van der Waals surface area (Å²) in [6, 6.07) is 11.8. The molecule has 4 nitrogen and oxygen atoms in total. The van der Waals surface area contributed by atoms with Crippen molar-refractivity contribution in [1.29, 1.82) is 0 Å². The number of carbonyl (C=O) groups excluding carboxylic acids is 1. The number of piperidine rings is 1. The van der Waals surface area contributed by atoms with Gasteiger partial charge in [-0.1, -0.05) is 44.5 Å². The summed E-state index contributed by atoms with van der Waals surface area (Å²) in [5.74, 6) is -0.176. The Morgan fingerprint density at radius 3 is 2.46 bits per heavy atom. The standard InChI is InChI=1S/C23H30ClN3O/c1-15-7-5-6-12-27(15)21-14-20(18(24)13-19(21)25)26-22(28)16-8-10-17(11-9-16)23(2,3)4/h8-11,13-15H,5-7,12,25H2,1-4H3,(H,26,28)/t15-/m1/s1. The van der Waals surface area contributed by atoms with Crippen molar-refractivity contribution in [3.63, 3.8) is 0 Å². The highest BCUT2D eigenvalue weighted by Gasteiger charge is 2.22. The molecular formula is C23H30ClN3O. The Morgan fingerprint density at radius 2 is 1.86 bits per heavy atom. The maximum atomic E-state index is 12.7. The Balaban J connectivity index is 1.83. The van der Waals surface area contributed by atoms with E-state index in [9.17, 15) is 4.79 Å². The molecule has 1 fully saturated rings. The van der Waals surface area contributed by atoms with Gasteiger partial charge in [-0.2, -0.15) is 0 Å². The molecule has 0 aliphatic carbocycles. The van der Waals surface area contributed by atoms with Gasteiger partial charge in [0, 0.05) is 18.2 Å². The lowest BCUT2D eigenvalue weighted by atomic mass is 9.87. The van der Waals surface area contributed by atoms with Crippen LogP contribution in [0, 0.1) is 0 Å². The molecule has 2 aromatic rings. The molecule has 3 rings (SSSR count). The van der Waals surface area contributed by atoms with E-state index in [1.165, 1.54) is 12.0 Å². The largest absolute Gasteiger partial charge is 0.397 e. The number of anilines is 3. The number of nitrogen functional groups attached to an aromatic ring is 1. The molecule has 0 saturated carbocycles. The Kier molecular flexibility index (Phi) is 5.90. The van der Waals surface area contributed by atoms with Crippen LogP contribution < -0.4 is 16.0 Å². The summed E-state index contributed by atoms with van der Waals surface area (Å²) in [6.45, 7) is 9.63. The van der Waals surface area contributed by atoms with Gasteiger partial charge in [0.2, 0.25) is 0 Å². The Morgan fingerprint density at radius 1 is 1.18 bits per heavy atom. The van der Waals surface area contributed by atoms with Crippen LogP contribution in [0.2, 0.25) is 5.02 Å². The average Bonchev–Trinajstić information content (AvgIpc) is 2.64. The molecule has 1 amide bonds. The minimum atomic E-state index is -0.176. The Bertz CT molecular complexity index is 855. The van der Waals surface area contributed by atoms with Crippen molar-refractivity contribution < 1.29 is 4.79 Å². The lowest BCUT2D eigenvalue weighted by molar-refractivity contribution is 0.102. The molecule has 0 spiro atoms. The van der Waals surface area contributed by atoms with Gasteiger partial charge in [-0.05, 0) is 61.4 Å². The SMILES string of the molecule is C[C@@H]1CCCCN1c1cc(NC(=O)c2ccc(C(C)(C)C)cc2)c(Cl)cc1N. The highest BCUT2D eigenvalue weighted by atomic mass is 35.5. The fraction of sp³-hybridized carbons (Fsp3) is 0.435. The number of hydrogen-bond acceptors (Lipinski definition) is 3. The van der Waals surface area contributed by atoms with Crippen LogP contribution in [0.3, 0.4) is 0 Å². The second-order valence-corrected chi connectivity index (χ2v) is 9.12. The molecule has 5 heteroatoms. The molecule has 0 radical (unpaired) electrons. The van der Waals surface area contributed by atoms with E-state index >= 15 is 0 Å². The third-order valence-electron chi connectivity index (χ3n) is 5.49. The van der Waals surface area contributed by atoms with E-state index in [2.05, 4.69) is 37.9 Å². The molecule has 0 bridgehead atoms. The quantitative estimate of drug-likeness (QED) is 0.636. The maximum Gasteiger partial charge on any atom is 0.255 e. The van der Waals surface area contributed by atoms with Crippen molar-refractivity contribution in [2.24, 2.45) is 0 Å². The summed E-state index contributed by atoms with van der Waals surface area (Å²) in [5, 5.41) is 3.40. The predicted octanol–water partition coefficient (Wildman–Crippen LogP) is 5.85. The van der Waals surface area contributed by atoms with Gasteiger partial charge in [-0.3, -0.25) is 4.79 Å². The van der Waals surface area contributed by atoms with E-state index < -0.39 is 0 Å². The predicted molar refractivity (Wildman–Crippen MR) is 120 cm³/mol. The summed E-state index contributed by atoms with van der Waals surface area (Å²) in [7, 11) is 0. The van der Waals surface area contributed by atoms with Crippen LogP contribution in [0.4, 0.5) is 17.1 Å². The molecule has 28 heavy (non-hydrogen) atoms. The van der Waals surface area contributed by atoms with Gasteiger partial charge in [-0.15, -0.1) is 0 Å². The summed E-state index contributed by atoms with van der Waals surface area (Å²) in [5.41, 5.74) is 10.3. The number of hydrogen-bond donors (Lipinski definition) is 2. The first-order chi connectivity index (χ1) is 13.2. The summed E-state index contributed by atoms with van der Waals surface area (Å²) < 4.78 is 0. The lowest BCUT2D eigenvalue weighted by Gasteiger charge is -2.36. The number of halogens is 1. The van der Waals surface area contributed by atoms with E-state index in [-0.39, 0.29) is 11.3 Å². The third kappa shape index (κ3) is 4.44. The van der Waals surface area contributed by atoms with Crippen LogP contribution in [0.1, 0.15) is 62.9 Å². The molecule has 2 aromatic carbocycles. The van der Waals surface area contributed by atoms with Crippen molar-refractivity contribution in [3.05, 3.63) is 52.5 Å². The van der Waals surface area contributed by atoms with Gasteiger partial charge < -0.3 is 16.0 Å². The number of nitrogens with one attached hydrogen (secondary N) is 1. The van der Waals surface area contributed by atoms with Crippen LogP contribution in [-0.2, 0) is 5.41 Å². The topological polar surface area (TPSA) is 58.4 Å². The summed E-state index contributed by atoms with van der Waals surface area (Å²) in [6.07, 6.45) is 3.53. The molecule has 0 aromatic heterocycles. The molecule has 1 heterocycles. The number of carbonyl (C=O) groups is 1. The number of nitrogens with zero attached hydrogens (tertiary/aromatic N) is 1. The first-order valence-corrected chi connectivity index (χ1v) is 10.3.